The highest BCUT2D eigenvalue weighted by molar-refractivity contribution is 7.89. The summed E-state index contributed by atoms with van der Waals surface area (Å²) in [5.41, 5.74) is 0. The first kappa shape index (κ1) is 14.8. The lowest BCUT2D eigenvalue weighted by molar-refractivity contribution is 0.412. The van der Waals surface area contributed by atoms with Gasteiger partial charge in [-0.1, -0.05) is 0 Å². The Labute approximate surface area is 93.3 Å². The third kappa shape index (κ3) is 10.1. The van der Waals surface area contributed by atoms with Gasteiger partial charge in [-0.2, -0.15) is 0 Å². The van der Waals surface area contributed by atoms with Crippen LogP contribution < -0.4 is 10.0 Å². The van der Waals surface area contributed by atoms with Crippen LogP contribution in [0.25, 0.3) is 0 Å². The highest BCUT2D eigenvalue weighted by Gasteiger charge is 2.08. The van der Waals surface area contributed by atoms with Crippen LogP contribution in [0.3, 0.4) is 0 Å². The third-order valence-corrected chi connectivity index (χ3v) is 3.44. The van der Waals surface area contributed by atoms with Gasteiger partial charge in [0.25, 0.3) is 0 Å². The van der Waals surface area contributed by atoms with Crippen LogP contribution in [0.2, 0.25) is 0 Å². The molecule has 5 nitrogen and oxygen atoms in total. The Balaban J connectivity index is 3.59. The van der Waals surface area contributed by atoms with E-state index in [2.05, 4.69) is 10.0 Å². The molecule has 0 heterocycles. The molecule has 15 heavy (non-hydrogen) atoms. The Kier molecular flexibility index (Phi) is 7.95. The van der Waals surface area contributed by atoms with E-state index in [1.807, 2.05) is 26.0 Å². The van der Waals surface area contributed by atoms with E-state index in [-0.39, 0.29) is 5.75 Å². The fourth-order valence-corrected chi connectivity index (χ4v) is 2.22. The van der Waals surface area contributed by atoms with Crippen molar-refractivity contribution < 1.29 is 8.42 Å². The maximum absolute atomic E-state index is 11.4. The smallest absolute Gasteiger partial charge is 0.211 e. The summed E-state index contributed by atoms with van der Waals surface area (Å²) in [6.07, 6.45) is 1.60. The quantitative estimate of drug-likeness (QED) is 0.529. The second-order valence-electron chi connectivity index (χ2n) is 3.83. The highest BCUT2D eigenvalue weighted by Crippen LogP contribution is 1.93. The summed E-state index contributed by atoms with van der Waals surface area (Å²) in [6, 6.07) is 0. The first-order chi connectivity index (χ1) is 6.98. The van der Waals surface area contributed by atoms with Crippen molar-refractivity contribution in [1.29, 1.82) is 0 Å². The van der Waals surface area contributed by atoms with Gasteiger partial charge in [-0.05, 0) is 40.5 Å². The summed E-state index contributed by atoms with van der Waals surface area (Å²) in [7, 11) is 2.64. The van der Waals surface area contributed by atoms with Gasteiger partial charge in [-0.3, -0.25) is 0 Å². The standard InChI is InChI=1S/C9H23N3O2S/c1-10-6-4-5-9-15(13,14)11-7-8-12(2)3/h10-11H,4-9H2,1-3H3. The zero-order chi connectivity index (χ0) is 11.7. The molecule has 0 unspecified atom stereocenters. The first-order valence-electron chi connectivity index (χ1n) is 5.24. The second-order valence-corrected chi connectivity index (χ2v) is 5.75. The number of nitrogens with one attached hydrogen (secondary N) is 2. The minimum atomic E-state index is -3.06. The van der Waals surface area contributed by atoms with Gasteiger partial charge in [0.15, 0.2) is 0 Å². The van der Waals surface area contributed by atoms with Crippen LogP contribution in [0.5, 0.6) is 0 Å². The molecule has 0 aromatic rings. The van der Waals surface area contributed by atoms with Crippen molar-refractivity contribution in [3.63, 3.8) is 0 Å². The van der Waals surface area contributed by atoms with Gasteiger partial charge in [0.05, 0.1) is 5.75 Å². The molecule has 92 valence electrons. The Hall–Kier alpha value is -0.170. The lowest BCUT2D eigenvalue weighted by Crippen LogP contribution is -2.33. The molecule has 0 aliphatic rings. The molecule has 0 atom stereocenters. The number of hydrogen-bond donors (Lipinski definition) is 2. The van der Waals surface area contributed by atoms with Crippen molar-refractivity contribution in [3.8, 4) is 0 Å². The number of sulfonamides is 1. The predicted molar refractivity (Wildman–Crippen MR) is 63.5 cm³/mol. The molecule has 0 spiro atoms. The van der Waals surface area contributed by atoms with Crippen LogP contribution in [-0.4, -0.2) is 59.8 Å². The Bertz CT molecular complexity index is 240. The van der Waals surface area contributed by atoms with Crippen molar-refractivity contribution in [1.82, 2.24) is 14.9 Å². The van der Waals surface area contributed by atoms with E-state index in [1.165, 1.54) is 0 Å². The van der Waals surface area contributed by atoms with Gasteiger partial charge >= 0.3 is 0 Å². The maximum Gasteiger partial charge on any atom is 0.211 e. The normalized spacial score (nSPS) is 12.3. The topological polar surface area (TPSA) is 61.4 Å². The van der Waals surface area contributed by atoms with Gasteiger partial charge in [0, 0.05) is 13.1 Å². The molecule has 0 saturated carbocycles. The molecular formula is C9H23N3O2S. The monoisotopic (exact) mass is 237 g/mol. The summed E-state index contributed by atoms with van der Waals surface area (Å²) in [6.45, 7) is 2.09. The van der Waals surface area contributed by atoms with Crippen LogP contribution in [-0.2, 0) is 10.0 Å². The van der Waals surface area contributed by atoms with Gasteiger partial charge in [-0.25, -0.2) is 13.1 Å². The van der Waals surface area contributed by atoms with Crippen LogP contribution in [0.15, 0.2) is 0 Å². The Morgan fingerprint density at radius 1 is 1.13 bits per heavy atom. The minimum Gasteiger partial charge on any atom is -0.320 e. The Morgan fingerprint density at radius 3 is 2.33 bits per heavy atom. The molecule has 0 aliphatic carbocycles. The number of likely N-dealkylation sites (N-methyl/N-ethyl adjacent to an activating group) is 1. The van der Waals surface area contributed by atoms with E-state index in [9.17, 15) is 8.42 Å². The van der Waals surface area contributed by atoms with E-state index in [0.717, 1.165) is 19.5 Å². The van der Waals surface area contributed by atoms with Gasteiger partial charge in [0.1, 0.15) is 0 Å². The lowest BCUT2D eigenvalue weighted by Gasteiger charge is -2.10. The van der Waals surface area contributed by atoms with Crippen molar-refractivity contribution in [2.75, 3.05) is 46.5 Å². The molecule has 0 aromatic heterocycles. The molecule has 0 aromatic carbocycles. The van der Waals surface area contributed by atoms with Gasteiger partial charge < -0.3 is 10.2 Å². The molecule has 0 radical (unpaired) electrons. The average Bonchev–Trinajstić information content (AvgIpc) is 2.11. The zero-order valence-electron chi connectivity index (χ0n) is 9.91. The van der Waals surface area contributed by atoms with Crippen LogP contribution in [0.4, 0.5) is 0 Å². The van der Waals surface area contributed by atoms with E-state index >= 15 is 0 Å². The first-order valence-corrected chi connectivity index (χ1v) is 6.90. The second kappa shape index (κ2) is 8.04. The molecule has 0 bridgehead atoms. The molecule has 2 N–H and O–H groups in total. The molecule has 0 fully saturated rings. The average molecular weight is 237 g/mol. The predicted octanol–water partition coefficient (Wildman–Crippen LogP) is -0.533. The van der Waals surface area contributed by atoms with Crippen molar-refractivity contribution in [2.24, 2.45) is 0 Å². The minimum absolute atomic E-state index is 0.224. The van der Waals surface area contributed by atoms with E-state index < -0.39 is 10.0 Å². The number of hydrogen-bond acceptors (Lipinski definition) is 4. The highest BCUT2D eigenvalue weighted by atomic mass is 32.2. The van der Waals surface area contributed by atoms with E-state index in [4.69, 9.17) is 0 Å². The summed E-state index contributed by atoms with van der Waals surface area (Å²) in [4.78, 5) is 1.95. The van der Waals surface area contributed by atoms with Gasteiger partial charge in [-0.15, -0.1) is 0 Å². The van der Waals surface area contributed by atoms with Crippen LogP contribution in [0.1, 0.15) is 12.8 Å². The number of unbranched alkanes of at least 4 members (excludes halogenated alkanes) is 1. The third-order valence-electron chi connectivity index (χ3n) is 1.97. The SMILES string of the molecule is CNCCCCS(=O)(=O)NCCN(C)C. The fraction of sp³-hybridized carbons (Fsp3) is 1.00. The van der Waals surface area contributed by atoms with Crippen molar-refractivity contribution in [3.05, 3.63) is 0 Å². The van der Waals surface area contributed by atoms with E-state index in [1.54, 1.807) is 0 Å². The molecule has 0 amide bonds. The molecule has 0 saturated heterocycles. The summed E-state index contributed by atoms with van der Waals surface area (Å²) in [5, 5.41) is 2.99. The van der Waals surface area contributed by atoms with Crippen LogP contribution >= 0.6 is 0 Å². The zero-order valence-corrected chi connectivity index (χ0v) is 10.7. The van der Waals surface area contributed by atoms with Crippen molar-refractivity contribution >= 4 is 10.0 Å². The number of rotatable bonds is 9. The fourth-order valence-electron chi connectivity index (χ4n) is 1.09. The largest absolute Gasteiger partial charge is 0.320 e. The summed E-state index contributed by atoms with van der Waals surface area (Å²) >= 11 is 0. The summed E-state index contributed by atoms with van der Waals surface area (Å²) in [5.74, 6) is 0.224. The van der Waals surface area contributed by atoms with Gasteiger partial charge in [0.2, 0.25) is 10.0 Å². The summed E-state index contributed by atoms with van der Waals surface area (Å²) < 4.78 is 25.4. The van der Waals surface area contributed by atoms with Crippen LogP contribution in [0, 0.1) is 0 Å². The maximum atomic E-state index is 11.4. The molecular weight excluding hydrogens is 214 g/mol. The lowest BCUT2D eigenvalue weighted by atomic mass is 10.3. The molecule has 0 rings (SSSR count). The van der Waals surface area contributed by atoms with E-state index in [0.29, 0.717) is 13.0 Å². The van der Waals surface area contributed by atoms with Crippen molar-refractivity contribution in [2.45, 2.75) is 12.8 Å². The molecule has 6 heteroatoms. The number of nitrogens with zero attached hydrogens (tertiary/aromatic N) is 1. The Morgan fingerprint density at radius 2 is 1.80 bits per heavy atom. The molecule has 0 aliphatic heterocycles.